The summed E-state index contributed by atoms with van der Waals surface area (Å²) in [5.74, 6) is 2.75. The first-order valence-corrected chi connectivity index (χ1v) is 9.33. The number of nitrogens with one attached hydrogen (secondary N) is 1. The van der Waals surface area contributed by atoms with Gasteiger partial charge in [0.1, 0.15) is 5.69 Å². The Morgan fingerprint density at radius 1 is 1.04 bits per heavy atom. The molecule has 0 atom stereocenters. The Hall–Kier alpha value is -1.90. The molecule has 0 aliphatic heterocycles. The number of aromatic nitrogens is 1. The van der Waals surface area contributed by atoms with Gasteiger partial charge in [0.05, 0.1) is 0 Å². The van der Waals surface area contributed by atoms with Crippen molar-refractivity contribution in [3.8, 4) is 0 Å². The Labute approximate surface area is 142 Å². The summed E-state index contributed by atoms with van der Waals surface area (Å²) in [6.45, 7) is 0.834. The van der Waals surface area contributed by atoms with Gasteiger partial charge in [0.25, 0.3) is 5.91 Å². The topological polar surface area (TPSA) is 42.0 Å². The zero-order valence-electron chi connectivity index (χ0n) is 14.0. The van der Waals surface area contributed by atoms with Crippen molar-refractivity contribution in [3.05, 3.63) is 42.2 Å². The zero-order valence-corrected chi connectivity index (χ0v) is 14.0. The largest absolute Gasteiger partial charge is 0.350 e. The Morgan fingerprint density at radius 3 is 2.42 bits per heavy atom. The Balaban J connectivity index is 1.36. The molecule has 1 amide bonds. The van der Waals surface area contributed by atoms with Gasteiger partial charge in [0, 0.05) is 18.1 Å². The zero-order chi connectivity index (χ0) is 16.1. The quantitative estimate of drug-likeness (QED) is 0.922. The van der Waals surface area contributed by atoms with Gasteiger partial charge in [-0.3, -0.25) is 9.78 Å². The third-order valence-corrected chi connectivity index (χ3v) is 6.68. The molecular formula is C21H24N2O. The summed E-state index contributed by atoms with van der Waals surface area (Å²) in [5.41, 5.74) is 0.937. The molecule has 1 aromatic carbocycles. The van der Waals surface area contributed by atoms with Crippen molar-refractivity contribution < 1.29 is 4.79 Å². The molecular weight excluding hydrogens is 296 g/mol. The van der Waals surface area contributed by atoms with E-state index in [0.717, 1.165) is 35.1 Å². The van der Waals surface area contributed by atoms with E-state index in [9.17, 15) is 4.79 Å². The lowest BCUT2D eigenvalue weighted by Crippen LogP contribution is -2.51. The maximum absolute atomic E-state index is 12.8. The number of hydrogen-bond donors (Lipinski definition) is 1. The molecule has 1 heterocycles. The van der Waals surface area contributed by atoms with E-state index in [1.54, 1.807) is 6.20 Å². The minimum atomic E-state index is -0.0115. The Morgan fingerprint density at radius 2 is 1.71 bits per heavy atom. The summed E-state index contributed by atoms with van der Waals surface area (Å²) in [5, 5.41) is 5.27. The van der Waals surface area contributed by atoms with Crippen LogP contribution in [-0.2, 0) is 0 Å². The molecule has 0 saturated heterocycles. The van der Waals surface area contributed by atoms with Crippen LogP contribution in [0, 0.1) is 23.2 Å². The maximum atomic E-state index is 12.8. The molecule has 124 valence electrons. The number of amides is 1. The van der Waals surface area contributed by atoms with Crippen LogP contribution in [0.5, 0.6) is 0 Å². The van der Waals surface area contributed by atoms with Crippen LogP contribution < -0.4 is 5.32 Å². The van der Waals surface area contributed by atoms with Gasteiger partial charge in [-0.25, -0.2) is 0 Å². The second kappa shape index (κ2) is 5.30. The average Bonchev–Trinajstić information content (AvgIpc) is 2.58. The first kappa shape index (κ1) is 14.4. The molecule has 4 fully saturated rings. The van der Waals surface area contributed by atoms with Crippen molar-refractivity contribution >= 4 is 16.7 Å². The summed E-state index contributed by atoms with van der Waals surface area (Å²) in [6.07, 6.45) is 10.0. The van der Waals surface area contributed by atoms with Crippen LogP contribution >= 0.6 is 0 Å². The smallest absolute Gasteiger partial charge is 0.270 e. The van der Waals surface area contributed by atoms with E-state index in [1.165, 1.54) is 38.5 Å². The molecule has 4 bridgehead atoms. The summed E-state index contributed by atoms with van der Waals surface area (Å²) in [7, 11) is 0. The number of carbonyl (C=O) groups excluding carboxylic acids is 1. The highest BCUT2D eigenvalue weighted by Gasteiger charge is 2.50. The second-order valence-electron chi connectivity index (χ2n) is 8.48. The molecule has 1 N–H and O–H groups in total. The first-order chi connectivity index (χ1) is 11.7. The number of benzene rings is 1. The highest BCUT2D eigenvalue weighted by molar-refractivity contribution is 6.05. The number of fused-ring (bicyclic) bond motifs is 1. The fourth-order valence-electron chi connectivity index (χ4n) is 6.16. The van der Waals surface area contributed by atoms with Gasteiger partial charge in [0.2, 0.25) is 0 Å². The van der Waals surface area contributed by atoms with Gasteiger partial charge in [-0.05, 0) is 73.1 Å². The molecule has 4 saturated carbocycles. The molecule has 2 aromatic rings. The maximum Gasteiger partial charge on any atom is 0.270 e. The van der Waals surface area contributed by atoms with E-state index in [1.807, 2.05) is 30.3 Å². The van der Waals surface area contributed by atoms with E-state index < -0.39 is 0 Å². The van der Waals surface area contributed by atoms with Crippen LogP contribution in [0.3, 0.4) is 0 Å². The van der Waals surface area contributed by atoms with E-state index in [-0.39, 0.29) is 5.91 Å². The third kappa shape index (κ3) is 2.33. The second-order valence-corrected chi connectivity index (χ2v) is 8.48. The van der Waals surface area contributed by atoms with Crippen molar-refractivity contribution in [2.75, 3.05) is 6.54 Å². The fraction of sp³-hybridized carbons (Fsp3) is 0.524. The summed E-state index contributed by atoms with van der Waals surface area (Å²) in [6, 6.07) is 9.96. The lowest BCUT2D eigenvalue weighted by molar-refractivity contribution is -0.0503. The molecule has 24 heavy (non-hydrogen) atoms. The van der Waals surface area contributed by atoms with Gasteiger partial charge < -0.3 is 5.32 Å². The predicted molar refractivity (Wildman–Crippen MR) is 94.7 cm³/mol. The number of carbonyl (C=O) groups is 1. The lowest BCUT2D eigenvalue weighted by Gasteiger charge is -2.56. The Kier molecular flexibility index (Phi) is 3.19. The number of hydrogen-bond acceptors (Lipinski definition) is 2. The van der Waals surface area contributed by atoms with Crippen molar-refractivity contribution in [2.24, 2.45) is 23.2 Å². The van der Waals surface area contributed by atoms with Crippen LogP contribution in [0.15, 0.2) is 36.5 Å². The minimum absolute atomic E-state index is 0.0115. The normalized spacial score (nSPS) is 33.8. The van der Waals surface area contributed by atoms with E-state index in [4.69, 9.17) is 0 Å². The van der Waals surface area contributed by atoms with Crippen LogP contribution in [-0.4, -0.2) is 17.4 Å². The molecule has 0 spiro atoms. The summed E-state index contributed by atoms with van der Waals surface area (Å²) >= 11 is 0. The molecule has 6 rings (SSSR count). The van der Waals surface area contributed by atoms with Crippen LogP contribution in [0.1, 0.15) is 49.0 Å². The van der Waals surface area contributed by atoms with E-state index in [0.29, 0.717) is 11.1 Å². The summed E-state index contributed by atoms with van der Waals surface area (Å²) in [4.78, 5) is 17.1. The third-order valence-electron chi connectivity index (χ3n) is 6.68. The van der Waals surface area contributed by atoms with Crippen molar-refractivity contribution in [1.29, 1.82) is 0 Å². The van der Waals surface area contributed by atoms with E-state index >= 15 is 0 Å². The summed E-state index contributed by atoms with van der Waals surface area (Å²) < 4.78 is 0. The van der Waals surface area contributed by atoms with Crippen molar-refractivity contribution in [2.45, 2.75) is 38.5 Å². The van der Waals surface area contributed by atoms with Crippen molar-refractivity contribution in [1.82, 2.24) is 10.3 Å². The predicted octanol–water partition coefficient (Wildman–Crippen LogP) is 4.18. The molecule has 1 aromatic heterocycles. The standard InChI is InChI=1S/C21H24N2O/c24-20(19-18-4-2-1-3-17(18)5-6-22-19)23-13-21-10-14-7-15(11-21)9-16(8-14)12-21/h1-6,14-16H,7-13H2,(H,23,24). The first-order valence-electron chi connectivity index (χ1n) is 9.33. The van der Waals surface area contributed by atoms with Gasteiger partial charge in [0.15, 0.2) is 0 Å². The highest BCUT2D eigenvalue weighted by atomic mass is 16.1. The van der Waals surface area contributed by atoms with Crippen LogP contribution in [0.25, 0.3) is 10.8 Å². The number of rotatable bonds is 3. The highest BCUT2D eigenvalue weighted by Crippen LogP contribution is 2.59. The monoisotopic (exact) mass is 320 g/mol. The molecule has 3 nitrogen and oxygen atoms in total. The molecule has 4 aliphatic rings. The van der Waals surface area contributed by atoms with Gasteiger partial charge in [-0.1, -0.05) is 24.3 Å². The molecule has 0 radical (unpaired) electrons. The van der Waals surface area contributed by atoms with Gasteiger partial charge in [-0.15, -0.1) is 0 Å². The number of nitrogens with zero attached hydrogens (tertiary/aromatic N) is 1. The van der Waals surface area contributed by atoms with Gasteiger partial charge >= 0.3 is 0 Å². The lowest BCUT2D eigenvalue weighted by atomic mass is 9.49. The SMILES string of the molecule is O=C(NCC12CC3CC(CC(C3)C1)C2)c1nccc2ccccc12. The fourth-order valence-corrected chi connectivity index (χ4v) is 6.16. The van der Waals surface area contributed by atoms with Crippen LogP contribution in [0.2, 0.25) is 0 Å². The molecule has 4 aliphatic carbocycles. The van der Waals surface area contributed by atoms with E-state index in [2.05, 4.69) is 10.3 Å². The van der Waals surface area contributed by atoms with Crippen LogP contribution in [0.4, 0.5) is 0 Å². The Bertz CT molecular complexity index is 757. The number of pyridine rings is 1. The molecule has 3 heteroatoms. The van der Waals surface area contributed by atoms with Crippen molar-refractivity contribution in [3.63, 3.8) is 0 Å². The van der Waals surface area contributed by atoms with Gasteiger partial charge in [-0.2, -0.15) is 0 Å². The minimum Gasteiger partial charge on any atom is -0.350 e. The molecule has 0 unspecified atom stereocenters. The average molecular weight is 320 g/mol.